The molecule has 2 heteroatoms. The van der Waals surface area contributed by atoms with Crippen LogP contribution in [0.4, 0.5) is 0 Å². The number of rotatable bonds is 1. The molecule has 0 aromatic rings. The molecule has 1 nitrogen and oxygen atoms in total. The molecule has 1 aliphatic carbocycles. The Morgan fingerprint density at radius 3 is 2.45 bits per heavy atom. The van der Waals surface area contributed by atoms with E-state index in [0.717, 1.165) is 12.3 Å². The SMILES string of the molecule is CC1CCC(C)C(C(=O)I)C1. The van der Waals surface area contributed by atoms with E-state index in [2.05, 4.69) is 13.8 Å². The summed E-state index contributed by atoms with van der Waals surface area (Å²) >= 11 is 1.95. The van der Waals surface area contributed by atoms with Gasteiger partial charge in [0.2, 0.25) is 0 Å². The largest absolute Gasteiger partial charge is 0.287 e. The maximum absolute atomic E-state index is 11.1. The second-order valence-corrected chi connectivity index (χ2v) is 4.87. The first kappa shape index (κ1) is 9.49. The molecule has 0 heterocycles. The van der Waals surface area contributed by atoms with Gasteiger partial charge in [-0.1, -0.05) is 20.3 Å². The smallest absolute Gasteiger partial charge is 0.195 e. The molecule has 3 atom stereocenters. The van der Waals surface area contributed by atoms with Crippen LogP contribution in [0.2, 0.25) is 0 Å². The quantitative estimate of drug-likeness (QED) is 0.526. The van der Waals surface area contributed by atoms with Gasteiger partial charge >= 0.3 is 0 Å². The van der Waals surface area contributed by atoms with Gasteiger partial charge in [-0.3, -0.25) is 4.79 Å². The molecule has 0 aromatic carbocycles. The Kier molecular flexibility index (Phi) is 3.34. The van der Waals surface area contributed by atoms with Crippen molar-refractivity contribution in [3.63, 3.8) is 0 Å². The molecule has 1 rings (SSSR count). The summed E-state index contributed by atoms with van der Waals surface area (Å²) in [5.41, 5.74) is 0. The average Bonchev–Trinajstić information content (AvgIpc) is 1.94. The van der Waals surface area contributed by atoms with Crippen LogP contribution in [0.5, 0.6) is 0 Å². The van der Waals surface area contributed by atoms with Crippen LogP contribution in [-0.4, -0.2) is 3.79 Å². The zero-order valence-corrected chi connectivity index (χ0v) is 9.30. The summed E-state index contributed by atoms with van der Waals surface area (Å²) < 4.78 is 0.363. The fourth-order valence-corrected chi connectivity index (χ4v) is 2.72. The van der Waals surface area contributed by atoms with Gasteiger partial charge in [0.1, 0.15) is 0 Å². The van der Waals surface area contributed by atoms with Gasteiger partial charge in [0.05, 0.1) is 0 Å². The standard InChI is InChI=1S/C9H15IO/c1-6-3-4-7(2)8(5-6)9(10)11/h6-8H,3-5H2,1-2H3. The van der Waals surface area contributed by atoms with E-state index in [9.17, 15) is 4.79 Å². The van der Waals surface area contributed by atoms with Crippen LogP contribution in [0, 0.1) is 17.8 Å². The summed E-state index contributed by atoms with van der Waals surface area (Å²) in [7, 11) is 0. The van der Waals surface area contributed by atoms with Gasteiger partial charge in [0.25, 0.3) is 0 Å². The normalized spacial score (nSPS) is 38.6. The molecule has 0 saturated heterocycles. The molecule has 1 saturated carbocycles. The van der Waals surface area contributed by atoms with E-state index < -0.39 is 0 Å². The monoisotopic (exact) mass is 266 g/mol. The zero-order chi connectivity index (χ0) is 8.43. The molecule has 3 unspecified atom stereocenters. The Morgan fingerprint density at radius 2 is 2.00 bits per heavy atom. The molecule has 0 radical (unpaired) electrons. The van der Waals surface area contributed by atoms with Crippen molar-refractivity contribution in [2.24, 2.45) is 17.8 Å². The third-order valence-corrected chi connectivity index (χ3v) is 3.55. The summed E-state index contributed by atoms with van der Waals surface area (Å²) in [6.45, 7) is 4.45. The predicted molar refractivity (Wildman–Crippen MR) is 54.7 cm³/mol. The zero-order valence-electron chi connectivity index (χ0n) is 7.14. The Balaban J connectivity index is 2.54. The van der Waals surface area contributed by atoms with E-state index >= 15 is 0 Å². The fraction of sp³-hybridized carbons (Fsp3) is 0.889. The second kappa shape index (κ2) is 3.87. The number of carbonyl (C=O) groups excluding carboxylic acids is 1. The molecule has 1 aliphatic rings. The number of carbonyl (C=O) groups is 1. The first-order chi connectivity index (χ1) is 5.11. The highest BCUT2D eigenvalue weighted by molar-refractivity contribution is 14.1. The number of hydrogen-bond donors (Lipinski definition) is 0. The van der Waals surface area contributed by atoms with Crippen LogP contribution in [0.15, 0.2) is 0 Å². The molecule has 1 fully saturated rings. The minimum atomic E-state index is 0.347. The van der Waals surface area contributed by atoms with E-state index in [4.69, 9.17) is 0 Å². The molecule has 0 spiro atoms. The topological polar surface area (TPSA) is 17.1 Å². The molecule has 0 aliphatic heterocycles. The summed E-state index contributed by atoms with van der Waals surface area (Å²) in [6, 6.07) is 0. The van der Waals surface area contributed by atoms with Gasteiger partial charge in [0.15, 0.2) is 3.79 Å². The van der Waals surface area contributed by atoms with Crippen LogP contribution in [0.25, 0.3) is 0 Å². The lowest BCUT2D eigenvalue weighted by Gasteiger charge is -2.30. The van der Waals surface area contributed by atoms with Crippen molar-refractivity contribution in [2.75, 3.05) is 0 Å². The van der Waals surface area contributed by atoms with Gasteiger partial charge < -0.3 is 0 Å². The second-order valence-electron chi connectivity index (χ2n) is 3.81. The molecule has 0 N–H and O–H groups in total. The molecule has 0 bridgehead atoms. The van der Waals surface area contributed by atoms with Gasteiger partial charge in [-0.15, -0.1) is 0 Å². The van der Waals surface area contributed by atoms with Gasteiger partial charge in [-0.05, 0) is 47.3 Å². The lowest BCUT2D eigenvalue weighted by atomic mass is 9.76. The molecular formula is C9H15IO. The molecular weight excluding hydrogens is 251 g/mol. The van der Waals surface area contributed by atoms with Crippen molar-refractivity contribution < 1.29 is 4.79 Å². The third kappa shape index (κ3) is 2.42. The van der Waals surface area contributed by atoms with Crippen molar-refractivity contribution in [1.82, 2.24) is 0 Å². The Morgan fingerprint density at radius 1 is 1.36 bits per heavy atom. The van der Waals surface area contributed by atoms with E-state index in [0.29, 0.717) is 15.6 Å². The van der Waals surface area contributed by atoms with Crippen molar-refractivity contribution in [3.8, 4) is 0 Å². The van der Waals surface area contributed by atoms with E-state index in [1.807, 2.05) is 22.6 Å². The van der Waals surface area contributed by atoms with Crippen LogP contribution in [0.3, 0.4) is 0 Å². The van der Waals surface area contributed by atoms with E-state index in [1.165, 1.54) is 12.8 Å². The maximum Gasteiger partial charge on any atom is 0.195 e. The van der Waals surface area contributed by atoms with Crippen LogP contribution >= 0.6 is 22.6 Å². The van der Waals surface area contributed by atoms with Crippen molar-refractivity contribution >= 4 is 26.4 Å². The lowest BCUT2D eigenvalue weighted by molar-refractivity contribution is -0.115. The first-order valence-electron chi connectivity index (χ1n) is 4.30. The van der Waals surface area contributed by atoms with Crippen LogP contribution in [0.1, 0.15) is 33.1 Å². The third-order valence-electron chi connectivity index (χ3n) is 2.75. The van der Waals surface area contributed by atoms with Crippen molar-refractivity contribution in [1.29, 1.82) is 0 Å². The van der Waals surface area contributed by atoms with Gasteiger partial charge in [-0.2, -0.15) is 0 Å². The minimum Gasteiger partial charge on any atom is -0.287 e. The van der Waals surface area contributed by atoms with Gasteiger partial charge in [-0.25, -0.2) is 0 Å². The molecule has 11 heavy (non-hydrogen) atoms. The highest BCUT2D eigenvalue weighted by Gasteiger charge is 2.29. The summed E-state index contributed by atoms with van der Waals surface area (Å²) in [5, 5.41) is 0. The Labute approximate surface area is 82.1 Å². The predicted octanol–water partition coefficient (Wildman–Crippen LogP) is 3.02. The van der Waals surface area contributed by atoms with Gasteiger partial charge in [0, 0.05) is 5.92 Å². The lowest BCUT2D eigenvalue weighted by Crippen LogP contribution is -2.25. The Hall–Kier alpha value is 0.400. The van der Waals surface area contributed by atoms with E-state index in [-0.39, 0.29) is 0 Å². The maximum atomic E-state index is 11.1. The average molecular weight is 266 g/mol. The fourth-order valence-electron chi connectivity index (χ4n) is 1.85. The summed E-state index contributed by atoms with van der Waals surface area (Å²) in [6.07, 6.45) is 3.66. The van der Waals surface area contributed by atoms with Crippen LogP contribution in [-0.2, 0) is 4.79 Å². The molecule has 0 aromatic heterocycles. The van der Waals surface area contributed by atoms with Crippen LogP contribution < -0.4 is 0 Å². The van der Waals surface area contributed by atoms with Crippen molar-refractivity contribution in [3.05, 3.63) is 0 Å². The number of hydrogen-bond acceptors (Lipinski definition) is 1. The number of halogens is 1. The summed E-state index contributed by atoms with van der Waals surface area (Å²) in [4.78, 5) is 11.1. The first-order valence-corrected chi connectivity index (χ1v) is 5.38. The molecule has 0 amide bonds. The molecule has 64 valence electrons. The highest BCUT2D eigenvalue weighted by atomic mass is 127. The Bertz CT molecular complexity index is 156. The minimum absolute atomic E-state index is 0.347. The van der Waals surface area contributed by atoms with E-state index in [1.54, 1.807) is 0 Å². The van der Waals surface area contributed by atoms with Crippen molar-refractivity contribution in [2.45, 2.75) is 33.1 Å². The summed E-state index contributed by atoms with van der Waals surface area (Å²) in [5.74, 6) is 1.73. The highest BCUT2D eigenvalue weighted by Crippen LogP contribution is 2.34.